The van der Waals surface area contributed by atoms with E-state index in [1.807, 2.05) is 17.3 Å². The summed E-state index contributed by atoms with van der Waals surface area (Å²) in [5.74, 6) is 0. The zero-order valence-corrected chi connectivity index (χ0v) is 40.6. The van der Waals surface area contributed by atoms with Gasteiger partial charge in [-0.05, 0) is 0 Å². The van der Waals surface area contributed by atoms with E-state index in [2.05, 4.69) is 283 Å². The van der Waals surface area contributed by atoms with Gasteiger partial charge in [0.15, 0.2) is 0 Å². The Labute approximate surface area is 379 Å². The Morgan fingerprint density at radius 1 is 0.169 bits per heavy atom. The molecule has 0 fully saturated rings. The number of rotatable bonds is 9. The topological polar surface area (TPSA) is 0 Å². The predicted molar refractivity (Wildman–Crippen MR) is 258 cm³/mol. The SMILES string of the molecule is [Cl][Rh].c1ccc([As](c2ccccc2)c2ccccc2)cc1.c1ccc([As](c2ccccc2)c2ccccc2)cc1.c1ccc([As](c2ccccc2)c2ccccc2)cc1. The summed E-state index contributed by atoms with van der Waals surface area (Å²) in [6.07, 6.45) is 0. The average Bonchev–Trinajstić information content (AvgIpc) is 3.34. The fourth-order valence-electron chi connectivity index (χ4n) is 6.54. The van der Waals surface area contributed by atoms with E-state index in [0.29, 0.717) is 0 Å². The molecule has 0 saturated carbocycles. The Kier molecular flexibility index (Phi) is 18.9. The second-order valence-corrected chi connectivity index (χ2v) is 27.0. The molecular formula is C54H45As3ClRh. The zero-order valence-electron chi connectivity index (χ0n) is 32.5. The van der Waals surface area contributed by atoms with Crippen molar-refractivity contribution in [2.24, 2.45) is 0 Å². The molecule has 0 aliphatic carbocycles. The number of halogens is 1. The third-order valence-corrected chi connectivity index (χ3v) is 24.5. The van der Waals surface area contributed by atoms with E-state index in [9.17, 15) is 0 Å². The van der Waals surface area contributed by atoms with Crippen LogP contribution in [0.1, 0.15) is 0 Å². The maximum absolute atomic E-state index is 4.53. The Bertz CT molecular complexity index is 1870. The van der Waals surface area contributed by atoms with E-state index >= 15 is 0 Å². The molecule has 5 heteroatoms. The van der Waals surface area contributed by atoms with Crippen LogP contribution in [0, 0.1) is 0 Å². The first-order valence-electron chi connectivity index (χ1n) is 19.3. The standard InChI is InChI=1S/3C18H15As.ClH.Rh/c3*1-4-10-16(11-5-1)19(17-12-6-2-7-13-17)18-14-8-3-9-15-18;;/h3*1-15H;1H;/q;;;;+1/p-1. The van der Waals surface area contributed by atoms with Crippen LogP contribution in [0.5, 0.6) is 0 Å². The summed E-state index contributed by atoms with van der Waals surface area (Å²) in [6, 6.07) is 98.1. The normalized spacial score (nSPS) is 10.3. The maximum atomic E-state index is 4.53. The summed E-state index contributed by atoms with van der Waals surface area (Å²) in [4.78, 5) is 0. The van der Waals surface area contributed by atoms with Crippen LogP contribution >= 0.6 is 9.69 Å². The molecule has 9 aromatic rings. The zero-order chi connectivity index (χ0) is 40.7. The van der Waals surface area contributed by atoms with E-state index in [1.54, 1.807) is 0 Å². The van der Waals surface area contributed by atoms with Crippen LogP contribution in [0.3, 0.4) is 0 Å². The van der Waals surface area contributed by atoms with Crippen LogP contribution in [0.25, 0.3) is 0 Å². The molecule has 292 valence electrons. The Hall–Kier alpha value is -4.43. The third-order valence-electron chi connectivity index (χ3n) is 9.13. The molecule has 0 saturated heterocycles. The molecule has 0 aliphatic rings. The third kappa shape index (κ3) is 13.3. The molecule has 0 radical (unpaired) electrons. The summed E-state index contributed by atoms with van der Waals surface area (Å²) in [5.41, 5.74) is 0. The predicted octanol–water partition coefficient (Wildman–Crippen LogP) is 7.30. The summed E-state index contributed by atoms with van der Waals surface area (Å²) in [6.45, 7) is 0. The molecule has 0 heterocycles. The second kappa shape index (κ2) is 25.3. The van der Waals surface area contributed by atoms with Crippen LogP contribution in [0.15, 0.2) is 273 Å². The summed E-state index contributed by atoms with van der Waals surface area (Å²) < 4.78 is 13.3. The summed E-state index contributed by atoms with van der Waals surface area (Å²) >= 11 is -2.15. The quantitative estimate of drug-likeness (QED) is 0.133. The molecule has 0 nitrogen and oxygen atoms in total. The first kappa shape index (κ1) is 44.1. The number of hydrogen-bond donors (Lipinski definition) is 0. The molecular weight excluding hydrogens is 1010 g/mol. The van der Waals surface area contributed by atoms with E-state index in [0.717, 1.165) is 0 Å². The van der Waals surface area contributed by atoms with E-state index < -0.39 is 44.0 Å². The number of hydrogen-bond acceptors (Lipinski definition) is 0. The van der Waals surface area contributed by atoms with Gasteiger partial charge in [-0.2, -0.15) is 0 Å². The first-order chi connectivity index (χ1) is 29.3. The van der Waals surface area contributed by atoms with Crippen LogP contribution in [0.4, 0.5) is 0 Å². The van der Waals surface area contributed by atoms with E-state index in [-0.39, 0.29) is 0 Å². The molecule has 0 unspecified atom stereocenters. The van der Waals surface area contributed by atoms with Gasteiger partial charge in [0, 0.05) is 0 Å². The molecule has 9 rings (SSSR count). The van der Waals surface area contributed by atoms with Gasteiger partial charge in [0.2, 0.25) is 0 Å². The minimum absolute atomic E-state index is 1.39. The Morgan fingerprint density at radius 2 is 0.254 bits per heavy atom. The monoisotopic (exact) mass is 1060 g/mol. The van der Waals surface area contributed by atoms with Gasteiger partial charge < -0.3 is 0 Å². The van der Waals surface area contributed by atoms with Gasteiger partial charge in [-0.1, -0.05) is 0 Å². The fraction of sp³-hybridized carbons (Fsp3) is 0. The summed E-state index contributed by atoms with van der Waals surface area (Å²) in [5, 5.41) is 0. The fourth-order valence-corrected chi connectivity index (χ4v) is 21.0. The van der Waals surface area contributed by atoms with Crippen LogP contribution in [-0.2, 0) is 17.3 Å². The Morgan fingerprint density at radius 3 is 0.339 bits per heavy atom. The molecule has 0 N–H and O–H groups in total. The number of benzene rings is 9. The molecule has 0 aromatic heterocycles. The van der Waals surface area contributed by atoms with Crippen molar-refractivity contribution in [1.82, 2.24) is 0 Å². The van der Waals surface area contributed by atoms with Crippen molar-refractivity contribution in [3.05, 3.63) is 273 Å². The van der Waals surface area contributed by atoms with Crippen molar-refractivity contribution in [1.29, 1.82) is 0 Å². The average molecular weight is 1060 g/mol. The van der Waals surface area contributed by atoms with E-state index in [4.69, 9.17) is 0 Å². The van der Waals surface area contributed by atoms with Gasteiger partial charge in [0.05, 0.1) is 0 Å². The van der Waals surface area contributed by atoms with Crippen molar-refractivity contribution >= 4 is 92.8 Å². The Balaban J connectivity index is 0.000000146. The molecule has 0 spiro atoms. The molecule has 0 bridgehead atoms. The van der Waals surface area contributed by atoms with Gasteiger partial charge in [0.25, 0.3) is 0 Å². The van der Waals surface area contributed by atoms with Gasteiger partial charge in [-0.15, -0.1) is 0 Å². The minimum atomic E-state index is -1.39. The van der Waals surface area contributed by atoms with Crippen molar-refractivity contribution in [3.63, 3.8) is 0 Å². The van der Waals surface area contributed by atoms with Crippen LogP contribution in [0.2, 0.25) is 0 Å². The molecule has 59 heavy (non-hydrogen) atoms. The van der Waals surface area contributed by atoms with Crippen molar-refractivity contribution < 1.29 is 17.3 Å². The molecule has 0 amide bonds. The van der Waals surface area contributed by atoms with E-state index in [1.165, 1.54) is 39.2 Å². The van der Waals surface area contributed by atoms with Crippen molar-refractivity contribution in [3.8, 4) is 0 Å². The van der Waals surface area contributed by atoms with Crippen LogP contribution < -0.4 is 39.2 Å². The molecule has 0 aliphatic heterocycles. The summed E-state index contributed by atoms with van der Waals surface area (Å²) in [7, 11) is 4.53. The van der Waals surface area contributed by atoms with Gasteiger partial charge in [-0.25, -0.2) is 0 Å². The molecule has 9 aromatic carbocycles. The second-order valence-electron chi connectivity index (χ2n) is 13.0. The van der Waals surface area contributed by atoms with Gasteiger partial charge >= 0.3 is 383 Å². The van der Waals surface area contributed by atoms with Crippen LogP contribution in [-0.4, -0.2) is 44.0 Å². The molecule has 0 atom stereocenters. The first-order valence-corrected chi connectivity index (χ1v) is 29.9. The van der Waals surface area contributed by atoms with Gasteiger partial charge in [-0.3, -0.25) is 0 Å². The van der Waals surface area contributed by atoms with Gasteiger partial charge in [0.1, 0.15) is 0 Å². The van der Waals surface area contributed by atoms with Crippen molar-refractivity contribution in [2.75, 3.05) is 0 Å². The van der Waals surface area contributed by atoms with Crippen molar-refractivity contribution in [2.45, 2.75) is 0 Å².